The van der Waals surface area contributed by atoms with Crippen LogP contribution in [0.5, 0.6) is 11.5 Å². The van der Waals surface area contributed by atoms with Crippen LogP contribution in [0.3, 0.4) is 0 Å². The number of aryl methyl sites for hydroxylation is 2. The Morgan fingerprint density at radius 3 is 2.23 bits per heavy atom. The number of amides is 1. The smallest absolute Gasteiger partial charge is 0.284 e. The van der Waals surface area contributed by atoms with Crippen LogP contribution >= 0.6 is 0 Å². The number of anilines is 1. The molecule has 15 heteroatoms. The monoisotopic (exact) mass is 676 g/mol. The molecule has 0 saturated carbocycles. The van der Waals surface area contributed by atoms with Crippen molar-refractivity contribution in [2.45, 2.75) is 20.8 Å². The van der Waals surface area contributed by atoms with Gasteiger partial charge in [0.05, 0.1) is 29.4 Å². The zero-order valence-corrected chi connectivity index (χ0v) is 27.2. The molecular formula is C33H30F2N6O6S. The second-order valence-electron chi connectivity index (χ2n) is 11.0. The summed E-state index contributed by atoms with van der Waals surface area (Å²) in [6, 6.07) is 16.9. The van der Waals surface area contributed by atoms with E-state index in [0.29, 0.717) is 23.4 Å². The predicted octanol–water partition coefficient (Wildman–Crippen LogP) is 5.87. The number of carbonyl (C=O) groups is 1. The first-order chi connectivity index (χ1) is 22.6. The highest BCUT2D eigenvalue weighted by Crippen LogP contribution is 2.38. The number of hydrogen-bond acceptors (Lipinski definition) is 7. The second kappa shape index (κ2) is 13.2. The summed E-state index contributed by atoms with van der Waals surface area (Å²) in [5.74, 6) is -1.51. The van der Waals surface area contributed by atoms with Gasteiger partial charge < -0.3 is 10.1 Å². The molecular weight excluding hydrogens is 646 g/mol. The average Bonchev–Trinajstić information content (AvgIpc) is 3.54. The van der Waals surface area contributed by atoms with E-state index in [2.05, 4.69) is 20.5 Å². The molecule has 0 spiro atoms. The summed E-state index contributed by atoms with van der Waals surface area (Å²) in [6.45, 7) is 5.41. The minimum absolute atomic E-state index is 0.0563. The molecule has 0 aliphatic carbocycles. The zero-order chi connectivity index (χ0) is 34.9. The van der Waals surface area contributed by atoms with Crippen molar-refractivity contribution >= 4 is 32.6 Å². The molecule has 12 nitrogen and oxygen atoms in total. The Morgan fingerprint density at radius 2 is 1.60 bits per heavy atom. The molecule has 1 amide bonds. The number of H-pyrrole nitrogens is 1. The van der Waals surface area contributed by atoms with E-state index in [1.54, 1.807) is 26.2 Å². The highest BCUT2D eigenvalue weighted by Gasteiger charge is 2.23. The van der Waals surface area contributed by atoms with Crippen LogP contribution in [0.2, 0.25) is 0 Å². The third-order valence-electron chi connectivity index (χ3n) is 7.19. The first kappa shape index (κ1) is 33.7. The highest BCUT2D eigenvalue weighted by atomic mass is 32.2. The summed E-state index contributed by atoms with van der Waals surface area (Å²) >= 11 is 0. The predicted molar refractivity (Wildman–Crippen MR) is 176 cm³/mol. The molecule has 3 N–H and O–H groups in total. The van der Waals surface area contributed by atoms with Gasteiger partial charge in [-0.1, -0.05) is 0 Å². The molecule has 48 heavy (non-hydrogen) atoms. The van der Waals surface area contributed by atoms with Gasteiger partial charge in [0.2, 0.25) is 0 Å². The van der Waals surface area contributed by atoms with Gasteiger partial charge in [-0.3, -0.25) is 28.9 Å². The molecule has 0 aliphatic rings. The number of nitrogens with one attached hydrogen (secondary N) is 2. The van der Waals surface area contributed by atoms with Gasteiger partial charge in [-0.15, -0.1) is 0 Å². The normalized spacial score (nSPS) is 11.2. The zero-order valence-electron chi connectivity index (χ0n) is 26.4. The molecule has 248 valence electrons. The summed E-state index contributed by atoms with van der Waals surface area (Å²) in [4.78, 5) is 30.8. The average molecular weight is 677 g/mol. The summed E-state index contributed by atoms with van der Waals surface area (Å²) in [6.07, 6.45) is 2.37. The van der Waals surface area contributed by atoms with Crippen molar-refractivity contribution in [3.63, 3.8) is 0 Å². The topological polar surface area (TPSA) is 161 Å². The van der Waals surface area contributed by atoms with E-state index in [4.69, 9.17) is 9.29 Å². The lowest BCUT2D eigenvalue weighted by Crippen LogP contribution is -2.25. The van der Waals surface area contributed by atoms with Gasteiger partial charge in [-0.25, -0.2) is 13.5 Å². The lowest BCUT2D eigenvalue weighted by molar-refractivity contribution is 0.102. The number of ether oxygens (including phenoxy) is 1. The minimum atomic E-state index is -3.67. The number of aromatic nitrogens is 5. The first-order valence-corrected chi connectivity index (χ1v) is 16.1. The van der Waals surface area contributed by atoms with Crippen molar-refractivity contribution in [3.8, 4) is 28.3 Å². The number of aromatic amines is 1. The number of hydrogen-bond donors (Lipinski definition) is 3. The van der Waals surface area contributed by atoms with Crippen LogP contribution in [0.4, 0.5) is 14.5 Å². The van der Waals surface area contributed by atoms with Gasteiger partial charge in [0.1, 0.15) is 17.1 Å². The molecule has 0 aliphatic heterocycles. The van der Waals surface area contributed by atoms with Gasteiger partial charge in [-0.2, -0.15) is 13.5 Å². The van der Waals surface area contributed by atoms with E-state index in [0.717, 1.165) is 39.5 Å². The fourth-order valence-corrected chi connectivity index (χ4v) is 5.09. The number of rotatable bonds is 6. The number of halogens is 2. The molecule has 0 saturated heterocycles. The molecule has 3 aromatic heterocycles. The maximum absolute atomic E-state index is 15.4. The Bertz CT molecular complexity index is 2320. The molecule has 0 bridgehead atoms. The minimum Gasteiger partial charge on any atom is -0.454 e. The summed E-state index contributed by atoms with van der Waals surface area (Å²) < 4.78 is 63.5. The van der Waals surface area contributed by atoms with Crippen LogP contribution in [0, 0.1) is 32.4 Å². The number of benzene rings is 3. The maximum atomic E-state index is 15.4. The van der Waals surface area contributed by atoms with Crippen molar-refractivity contribution in [1.82, 2.24) is 24.5 Å². The van der Waals surface area contributed by atoms with Gasteiger partial charge in [0.25, 0.3) is 21.6 Å². The Kier molecular flexibility index (Phi) is 9.27. The number of carbonyl (C=O) groups excluding carboxylic acids is 1. The van der Waals surface area contributed by atoms with Crippen LogP contribution in [-0.2, 0) is 17.2 Å². The van der Waals surface area contributed by atoms with Crippen molar-refractivity contribution in [2.75, 3.05) is 11.6 Å². The second-order valence-corrected chi connectivity index (χ2v) is 12.4. The Morgan fingerprint density at radius 1 is 0.958 bits per heavy atom. The summed E-state index contributed by atoms with van der Waals surface area (Å²) in [5.41, 5.74) is 4.24. The van der Waals surface area contributed by atoms with Crippen LogP contribution in [-0.4, -0.2) is 49.7 Å². The molecule has 0 atom stereocenters. The molecule has 0 fully saturated rings. The quantitative estimate of drug-likeness (QED) is 0.185. The van der Waals surface area contributed by atoms with Crippen molar-refractivity contribution in [3.05, 3.63) is 118 Å². The SMILES string of the molecule is CS(=O)(=O)O.Cc1cc(-c2cc3[nH]ncc3cc2Oc2ccc(NC(=O)c3c(C)n(C)n(-c4ccc(F)cc4)c3=O)cc2F)cc(C)n1. The first-order valence-electron chi connectivity index (χ1n) is 14.3. The number of pyridine rings is 1. The Labute approximate surface area is 273 Å². The van der Waals surface area contributed by atoms with Crippen LogP contribution in [0.1, 0.15) is 27.4 Å². The van der Waals surface area contributed by atoms with E-state index in [-0.39, 0.29) is 17.0 Å². The molecule has 6 rings (SSSR count). The highest BCUT2D eigenvalue weighted by molar-refractivity contribution is 7.85. The van der Waals surface area contributed by atoms with Crippen LogP contribution < -0.4 is 15.6 Å². The number of nitrogens with zero attached hydrogens (tertiary/aromatic N) is 4. The van der Waals surface area contributed by atoms with E-state index in [9.17, 15) is 22.4 Å². The maximum Gasteiger partial charge on any atom is 0.284 e. The molecule has 0 unspecified atom stereocenters. The van der Waals surface area contributed by atoms with E-state index in [1.165, 1.54) is 45.8 Å². The lowest BCUT2D eigenvalue weighted by Gasteiger charge is -2.14. The molecule has 3 heterocycles. The van der Waals surface area contributed by atoms with E-state index >= 15 is 4.39 Å². The van der Waals surface area contributed by atoms with Crippen molar-refractivity contribution in [1.29, 1.82) is 0 Å². The standard InChI is InChI=1S/C32H26F2N6O3.CH4O3S/c1-17-11-20(12-18(2)36-17)25-15-27-21(16-35-38-27)13-29(25)43-28-10-7-23(14-26(28)34)37-31(41)30-19(3)39(4)40(32(30)42)24-8-5-22(33)6-9-24;1-5(2,3)4/h5-16H,1-4H3,(H,35,38)(H,37,41);1H3,(H,2,3,4). The summed E-state index contributed by atoms with van der Waals surface area (Å²) in [7, 11) is -2.05. The van der Waals surface area contributed by atoms with E-state index < -0.39 is 33.2 Å². The van der Waals surface area contributed by atoms with Crippen molar-refractivity contribution < 1.29 is 31.3 Å². The van der Waals surface area contributed by atoms with Gasteiger partial charge in [0, 0.05) is 41.1 Å². The fourth-order valence-electron chi connectivity index (χ4n) is 5.09. The third kappa shape index (κ3) is 7.48. The summed E-state index contributed by atoms with van der Waals surface area (Å²) in [5, 5.41) is 10.4. The van der Waals surface area contributed by atoms with Crippen molar-refractivity contribution in [2.24, 2.45) is 7.05 Å². The Hall–Kier alpha value is -5.67. The van der Waals surface area contributed by atoms with E-state index in [1.807, 2.05) is 32.0 Å². The molecule has 6 aromatic rings. The number of fused-ring (bicyclic) bond motifs is 1. The van der Waals surface area contributed by atoms with Gasteiger partial charge in [0.15, 0.2) is 11.6 Å². The van der Waals surface area contributed by atoms with Crippen LogP contribution in [0.15, 0.2) is 77.7 Å². The lowest BCUT2D eigenvalue weighted by atomic mass is 10.0. The largest absolute Gasteiger partial charge is 0.454 e. The molecule has 0 radical (unpaired) electrons. The van der Waals surface area contributed by atoms with Crippen LogP contribution in [0.25, 0.3) is 27.7 Å². The fraction of sp³-hybridized carbons (Fsp3) is 0.152. The van der Waals surface area contributed by atoms with Gasteiger partial charge in [-0.05, 0) is 87.0 Å². The molecule has 3 aromatic carbocycles. The van der Waals surface area contributed by atoms with Gasteiger partial charge >= 0.3 is 0 Å². The third-order valence-corrected chi connectivity index (χ3v) is 7.19. The Balaban J connectivity index is 0.000000840.